The SMILES string of the molecule is Cc1nc(-c2ccc(CCNC(=O)N3CCC(C(=O)c4ccccc4)CC3)cc2)cs1. The monoisotopic (exact) mass is 433 g/mol. The van der Waals surface area contributed by atoms with Crippen molar-refractivity contribution in [2.45, 2.75) is 26.2 Å². The summed E-state index contributed by atoms with van der Waals surface area (Å²) in [6.07, 6.45) is 2.22. The Kier molecular flexibility index (Phi) is 6.77. The number of ketones is 1. The number of benzene rings is 2. The number of aryl methyl sites for hydroxylation is 1. The maximum Gasteiger partial charge on any atom is 0.317 e. The standard InChI is InChI=1S/C25H27N3O2S/c1-18-27-23(17-31-18)20-9-7-19(8-10-20)11-14-26-25(30)28-15-12-22(13-16-28)24(29)21-5-3-2-4-6-21/h2-10,17,22H,11-16H2,1H3,(H,26,30). The Morgan fingerprint density at radius 3 is 2.42 bits per heavy atom. The van der Waals surface area contributed by atoms with E-state index in [1.165, 1.54) is 5.56 Å². The first-order valence-electron chi connectivity index (χ1n) is 10.7. The van der Waals surface area contributed by atoms with Crippen LogP contribution >= 0.6 is 11.3 Å². The fourth-order valence-corrected chi connectivity index (χ4v) is 4.57. The van der Waals surface area contributed by atoms with Crippen LogP contribution in [-0.2, 0) is 6.42 Å². The highest BCUT2D eigenvalue weighted by molar-refractivity contribution is 7.09. The van der Waals surface area contributed by atoms with E-state index in [0.717, 1.165) is 41.1 Å². The molecule has 2 aromatic carbocycles. The third-order valence-corrected chi connectivity index (χ3v) is 6.54. The van der Waals surface area contributed by atoms with E-state index in [-0.39, 0.29) is 17.7 Å². The number of piperidine rings is 1. The first-order valence-corrected chi connectivity index (χ1v) is 11.6. The molecule has 2 heterocycles. The number of rotatable bonds is 6. The third kappa shape index (κ3) is 5.39. The van der Waals surface area contributed by atoms with Gasteiger partial charge in [0.1, 0.15) is 0 Å². The predicted molar refractivity (Wildman–Crippen MR) is 124 cm³/mol. The molecule has 6 heteroatoms. The van der Waals surface area contributed by atoms with Crippen molar-refractivity contribution < 1.29 is 9.59 Å². The summed E-state index contributed by atoms with van der Waals surface area (Å²) in [5.74, 6) is 0.198. The highest BCUT2D eigenvalue weighted by Crippen LogP contribution is 2.23. The van der Waals surface area contributed by atoms with Crippen molar-refractivity contribution in [1.29, 1.82) is 0 Å². The van der Waals surface area contributed by atoms with Crippen LogP contribution in [0.15, 0.2) is 60.0 Å². The second kappa shape index (κ2) is 9.88. The zero-order valence-corrected chi connectivity index (χ0v) is 18.5. The van der Waals surface area contributed by atoms with Gasteiger partial charge in [-0.25, -0.2) is 9.78 Å². The van der Waals surface area contributed by atoms with Gasteiger partial charge < -0.3 is 10.2 Å². The molecule has 1 saturated heterocycles. The summed E-state index contributed by atoms with van der Waals surface area (Å²) in [4.78, 5) is 31.4. The number of amides is 2. The van der Waals surface area contributed by atoms with Crippen LogP contribution in [0.2, 0.25) is 0 Å². The molecular weight excluding hydrogens is 406 g/mol. The maximum atomic E-state index is 12.6. The Morgan fingerprint density at radius 1 is 1.06 bits per heavy atom. The van der Waals surface area contributed by atoms with E-state index < -0.39 is 0 Å². The molecule has 0 saturated carbocycles. The van der Waals surface area contributed by atoms with Gasteiger partial charge in [-0.1, -0.05) is 54.6 Å². The quantitative estimate of drug-likeness (QED) is 0.559. The summed E-state index contributed by atoms with van der Waals surface area (Å²) in [5, 5.41) is 6.15. The van der Waals surface area contributed by atoms with E-state index in [1.807, 2.05) is 42.2 Å². The highest BCUT2D eigenvalue weighted by Gasteiger charge is 2.27. The van der Waals surface area contributed by atoms with E-state index in [1.54, 1.807) is 11.3 Å². The zero-order valence-electron chi connectivity index (χ0n) is 17.7. The number of thiazole rings is 1. The summed E-state index contributed by atoms with van der Waals surface area (Å²) < 4.78 is 0. The fraction of sp³-hybridized carbons (Fsp3) is 0.320. The Labute approximate surface area is 187 Å². The summed E-state index contributed by atoms with van der Waals surface area (Å²) in [6.45, 7) is 3.85. The Hall–Kier alpha value is -2.99. The molecule has 1 aliphatic rings. The largest absolute Gasteiger partial charge is 0.338 e. The topological polar surface area (TPSA) is 62.3 Å². The molecule has 0 atom stereocenters. The Bertz CT molecular complexity index is 1020. The molecule has 1 N–H and O–H groups in total. The molecule has 1 fully saturated rings. The van der Waals surface area contributed by atoms with Crippen molar-refractivity contribution >= 4 is 23.2 Å². The molecule has 31 heavy (non-hydrogen) atoms. The predicted octanol–water partition coefficient (Wildman–Crippen LogP) is 4.97. The molecule has 1 aromatic heterocycles. The van der Waals surface area contributed by atoms with Gasteiger partial charge in [-0.2, -0.15) is 0 Å². The van der Waals surface area contributed by atoms with E-state index in [2.05, 4.69) is 39.9 Å². The minimum absolute atomic E-state index is 0.00599. The average Bonchev–Trinajstić information content (AvgIpc) is 3.26. The molecule has 0 unspecified atom stereocenters. The van der Waals surface area contributed by atoms with Crippen LogP contribution < -0.4 is 5.32 Å². The van der Waals surface area contributed by atoms with Crippen LogP contribution in [0.25, 0.3) is 11.3 Å². The second-order valence-corrected chi connectivity index (χ2v) is 8.98. The van der Waals surface area contributed by atoms with Crippen molar-refractivity contribution in [3.05, 3.63) is 76.1 Å². The highest BCUT2D eigenvalue weighted by atomic mass is 32.1. The number of hydrogen-bond donors (Lipinski definition) is 1. The van der Waals surface area contributed by atoms with Crippen molar-refractivity contribution in [2.75, 3.05) is 19.6 Å². The third-order valence-electron chi connectivity index (χ3n) is 5.77. The van der Waals surface area contributed by atoms with Crippen molar-refractivity contribution in [2.24, 2.45) is 5.92 Å². The number of Topliss-reactive ketones (excluding diaryl/α,β-unsaturated/α-hetero) is 1. The van der Waals surface area contributed by atoms with E-state index in [0.29, 0.717) is 19.6 Å². The Balaban J connectivity index is 1.20. The number of urea groups is 1. The van der Waals surface area contributed by atoms with Crippen molar-refractivity contribution in [3.8, 4) is 11.3 Å². The van der Waals surface area contributed by atoms with E-state index in [4.69, 9.17) is 0 Å². The first-order chi connectivity index (χ1) is 15.1. The summed E-state index contributed by atoms with van der Waals surface area (Å²) in [7, 11) is 0. The molecule has 0 bridgehead atoms. The smallest absolute Gasteiger partial charge is 0.317 e. The van der Waals surface area contributed by atoms with Gasteiger partial charge in [0.15, 0.2) is 5.78 Å². The van der Waals surface area contributed by atoms with Gasteiger partial charge >= 0.3 is 6.03 Å². The van der Waals surface area contributed by atoms with Crippen LogP contribution in [0.1, 0.15) is 33.8 Å². The minimum atomic E-state index is -0.0415. The van der Waals surface area contributed by atoms with Gasteiger partial charge in [0.25, 0.3) is 0 Å². The first kappa shape index (κ1) is 21.2. The van der Waals surface area contributed by atoms with Gasteiger partial charge in [-0.3, -0.25) is 4.79 Å². The molecule has 5 nitrogen and oxygen atoms in total. The average molecular weight is 434 g/mol. The molecule has 0 spiro atoms. The van der Waals surface area contributed by atoms with Gasteiger partial charge in [0.05, 0.1) is 10.7 Å². The second-order valence-electron chi connectivity index (χ2n) is 7.92. The van der Waals surface area contributed by atoms with Gasteiger partial charge in [-0.05, 0) is 31.7 Å². The molecule has 0 radical (unpaired) electrons. The van der Waals surface area contributed by atoms with Crippen molar-refractivity contribution in [1.82, 2.24) is 15.2 Å². The van der Waals surface area contributed by atoms with Crippen LogP contribution in [0.5, 0.6) is 0 Å². The molecule has 1 aliphatic heterocycles. The Morgan fingerprint density at radius 2 is 1.77 bits per heavy atom. The zero-order chi connectivity index (χ0) is 21.6. The molecule has 2 amide bonds. The number of carbonyl (C=O) groups is 2. The van der Waals surface area contributed by atoms with Crippen LogP contribution in [0, 0.1) is 12.8 Å². The number of aromatic nitrogens is 1. The van der Waals surface area contributed by atoms with Gasteiger partial charge in [-0.15, -0.1) is 11.3 Å². The fourth-order valence-electron chi connectivity index (χ4n) is 3.95. The summed E-state index contributed by atoms with van der Waals surface area (Å²) in [6, 6.07) is 17.7. The number of likely N-dealkylation sites (tertiary alicyclic amines) is 1. The van der Waals surface area contributed by atoms with E-state index >= 15 is 0 Å². The molecule has 3 aromatic rings. The van der Waals surface area contributed by atoms with Crippen molar-refractivity contribution in [3.63, 3.8) is 0 Å². The number of hydrogen-bond acceptors (Lipinski definition) is 4. The molecule has 160 valence electrons. The number of nitrogens with zero attached hydrogens (tertiary/aromatic N) is 2. The van der Waals surface area contributed by atoms with Crippen LogP contribution in [0.3, 0.4) is 0 Å². The number of nitrogens with one attached hydrogen (secondary N) is 1. The lowest BCUT2D eigenvalue weighted by Crippen LogP contribution is -2.45. The lowest BCUT2D eigenvalue weighted by molar-refractivity contribution is 0.0854. The normalized spacial score (nSPS) is 14.4. The van der Waals surface area contributed by atoms with Crippen LogP contribution in [0.4, 0.5) is 4.79 Å². The maximum absolute atomic E-state index is 12.6. The molecular formula is C25H27N3O2S. The summed E-state index contributed by atoms with van der Waals surface area (Å²) in [5.41, 5.74) is 4.08. The van der Waals surface area contributed by atoms with Gasteiger partial charge in [0, 0.05) is 42.1 Å². The molecule has 0 aliphatic carbocycles. The van der Waals surface area contributed by atoms with Crippen LogP contribution in [-0.4, -0.2) is 41.3 Å². The minimum Gasteiger partial charge on any atom is -0.338 e. The summed E-state index contributed by atoms with van der Waals surface area (Å²) >= 11 is 1.65. The van der Waals surface area contributed by atoms with E-state index in [9.17, 15) is 9.59 Å². The lowest BCUT2D eigenvalue weighted by atomic mass is 9.89. The molecule has 4 rings (SSSR count). The van der Waals surface area contributed by atoms with Gasteiger partial charge in [0.2, 0.25) is 0 Å². The number of carbonyl (C=O) groups excluding carboxylic acids is 2. The lowest BCUT2D eigenvalue weighted by Gasteiger charge is -2.31.